The molecule has 0 aliphatic heterocycles. The maximum Gasteiger partial charge on any atom is 0.340 e. The normalized spacial score (nSPS) is 12.9. The van der Waals surface area contributed by atoms with Crippen LogP contribution in [-0.2, 0) is 4.74 Å². The van der Waals surface area contributed by atoms with Crippen molar-refractivity contribution in [2.24, 2.45) is 0 Å². The molecule has 0 aliphatic rings. The van der Waals surface area contributed by atoms with Crippen molar-refractivity contribution >= 4 is 16.9 Å². The molecular formula is C30H34N2O4. The van der Waals surface area contributed by atoms with Gasteiger partial charge in [0, 0.05) is 29.4 Å². The second-order valence-corrected chi connectivity index (χ2v) is 9.04. The number of carbonyl (C=O) groups is 1. The molecule has 0 radical (unpaired) electrons. The predicted octanol–water partition coefficient (Wildman–Crippen LogP) is 5.51. The van der Waals surface area contributed by atoms with Crippen molar-refractivity contribution in [3.63, 3.8) is 0 Å². The highest BCUT2D eigenvalue weighted by atomic mass is 16.5. The van der Waals surface area contributed by atoms with Gasteiger partial charge >= 0.3 is 5.97 Å². The minimum atomic E-state index is -0.685. The highest BCUT2D eigenvalue weighted by Crippen LogP contribution is 2.32. The second-order valence-electron chi connectivity index (χ2n) is 9.04. The summed E-state index contributed by atoms with van der Waals surface area (Å²) in [6, 6.07) is 24.1. The zero-order valence-electron chi connectivity index (χ0n) is 21.3. The SMILES string of the molecule is CCOC(=O)c1c(C)n(-c2ccc(C)cc2)c2ccc(OC[C@H](O)CN[C@H](C)c3ccccc3)cc12. The van der Waals surface area contributed by atoms with Gasteiger partial charge in [0.2, 0.25) is 0 Å². The van der Waals surface area contributed by atoms with Gasteiger partial charge in [0.1, 0.15) is 18.5 Å². The molecule has 0 unspecified atom stereocenters. The van der Waals surface area contributed by atoms with E-state index in [1.54, 1.807) is 6.92 Å². The zero-order chi connectivity index (χ0) is 25.7. The van der Waals surface area contributed by atoms with Gasteiger partial charge in [-0.25, -0.2) is 4.79 Å². The summed E-state index contributed by atoms with van der Waals surface area (Å²) >= 11 is 0. The zero-order valence-corrected chi connectivity index (χ0v) is 21.3. The van der Waals surface area contributed by atoms with E-state index in [1.165, 1.54) is 5.56 Å². The quantitative estimate of drug-likeness (QED) is 0.289. The number of carbonyl (C=O) groups excluding carboxylic acids is 1. The molecule has 0 spiro atoms. The Bertz CT molecular complexity index is 1310. The van der Waals surface area contributed by atoms with Crippen molar-refractivity contribution in [2.45, 2.75) is 39.8 Å². The maximum atomic E-state index is 12.9. The van der Waals surface area contributed by atoms with E-state index in [0.29, 0.717) is 24.5 Å². The van der Waals surface area contributed by atoms with E-state index in [9.17, 15) is 9.90 Å². The largest absolute Gasteiger partial charge is 0.491 e. The summed E-state index contributed by atoms with van der Waals surface area (Å²) in [6.07, 6.45) is -0.685. The molecule has 36 heavy (non-hydrogen) atoms. The third-order valence-corrected chi connectivity index (χ3v) is 6.35. The Morgan fingerprint density at radius 1 is 1.03 bits per heavy atom. The molecule has 6 nitrogen and oxygen atoms in total. The Labute approximate surface area is 212 Å². The smallest absolute Gasteiger partial charge is 0.340 e. The van der Waals surface area contributed by atoms with Crippen LogP contribution in [0.4, 0.5) is 0 Å². The topological polar surface area (TPSA) is 72.7 Å². The number of rotatable bonds is 10. The minimum absolute atomic E-state index is 0.119. The molecular weight excluding hydrogens is 452 g/mol. The number of hydrogen-bond donors (Lipinski definition) is 2. The fourth-order valence-corrected chi connectivity index (χ4v) is 4.40. The van der Waals surface area contributed by atoms with Crippen LogP contribution in [0.25, 0.3) is 16.6 Å². The van der Waals surface area contributed by atoms with E-state index < -0.39 is 6.10 Å². The lowest BCUT2D eigenvalue weighted by molar-refractivity contribution is 0.0527. The summed E-state index contributed by atoms with van der Waals surface area (Å²) in [5.41, 5.74) is 5.53. The molecule has 0 bridgehead atoms. The molecule has 0 aliphatic carbocycles. The maximum absolute atomic E-state index is 12.9. The first kappa shape index (κ1) is 25.5. The lowest BCUT2D eigenvalue weighted by Gasteiger charge is -2.18. The van der Waals surface area contributed by atoms with E-state index >= 15 is 0 Å². The van der Waals surface area contributed by atoms with Crippen LogP contribution in [0.15, 0.2) is 72.8 Å². The average Bonchev–Trinajstić information content (AvgIpc) is 3.18. The summed E-state index contributed by atoms with van der Waals surface area (Å²) in [5, 5.41) is 14.6. The number of benzene rings is 3. The molecule has 188 valence electrons. The summed E-state index contributed by atoms with van der Waals surface area (Å²) in [7, 11) is 0. The van der Waals surface area contributed by atoms with Crippen LogP contribution in [0.2, 0.25) is 0 Å². The minimum Gasteiger partial charge on any atom is -0.491 e. The highest BCUT2D eigenvalue weighted by Gasteiger charge is 2.22. The molecule has 6 heteroatoms. The number of aromatic nitrogens is 1. The molecule has 4 rings (SSSR count). The van der Waals surface area contributed by atoms with Gasteiger partial charge in [-0.2, -0.15) is 0 Å². The Morgan fingerprint density at radius 2 is 1.75 bits per heavy atom. The summed E-state index contributed by atoms with van der Waals surface area (Å²) in [4.78, 5) is 12.9. The lowest BCUT2D eigenvalue weighted by atomic mass is 10.1. The summed E-state index contributed by atoms with van der Waals surface area (Å²) < 4.78 is 13.4. The molecule has 0 amide bonds. The molecule has 0 saturated heterocycles. The van der Waals surface area contributed by atoms with Gasteiger partial charge in [-0.1, -0.05) is 48.0 Å². The number of fused-ring (bicyclic) bond motifs is 1. The van der Waals surface area contributed by atoms with E-state index in [-0.39, 0.29) is 18.6 Å². The molecule has 0 fully saturated rings. The van der Waals surface area contributed by atoms with E-state index in [2.05, 4.69) is 41.1 Å². The number of ether oxygens (including phenoxy) is 2. The number of nitrogens with zero attached hydrogens (tertiary/aromatic N) is 1. The predicted molar refractivity (Wildman–Crippen MR) is 143 cm³/mol. The van der Waals surface area contributed by atoms with Crippen LogP contribution in [0.1, 0.15) is 47.1 Å². The van der Waals surface area contributed by atoms with E-state index in [4.69, 9.17) is 9.47 Å². The number of esters is 1. The van der Waals surface area contributed by atoms with Crippen molar-refractivity contribution in [2.75, 3.05) is 19.8 Å². The Morgan fingerprint density at radius 3 is 2.44 bits per heavy atom. The fourth-order valence-electron chi connectivity index (χ4n) is 4.40. The van der Waals surface area contributed by atoms with Crippen LogP contribution in [0, 0.1) is 13.8 Å². The monoisotopic (exact) mass is 486 g/mol. The van der Waals surface area contributed by atoms with E-state index in [0.717, 1.165) is 27.8 Å². The molecule has 0 saturated carbocycles. The van der Waals surface area contributed by atoms with Gasteiger partial charge in [0.15, 0.2) is 0 Å². The second kappa shape index (κ2) is 11.4. The first-order valence-electron chi connectivity index (χ1n) is 12.4. The first-order valence-corrected chi connectivity index (χ1v) is 12.4. The molecule has 1 heterocycles. The van der Waals surface area contributed by atoms with Gasteiger partial charge in [-0.15, -0.1) is 0 Å². The van der Waals surface area contributed by atoms with Crippen molar-refractivity contribution in [3.05, 3.63) is 95.2 Å². The van der Waals surface area contributed by atoms with Crippen LogP contribution in [0.3, 0.4) is 0 Å². The number of aryl methyl sites for hydroxylation is 1. The first-order chi connectivity index (χ1) is 17.4. The summed E-state index contributed by atoms with van der Waals surface area (Å²) in [6.45, 7) is 8.66. The lowest BCUT2D eigenvalue weighted by Crippen LogP contribution is -2.33. The molecule has 3 aromatic carbocycles. The van der Waals surface area contributed by atoms with Crippen molar-refractivity contribution in [3.8, 4) is 11.4 Å². The van der Waals surface area contributed by atoms with Crippen molar-refractivity contribution in [1.29, 1.82) is 0 Å². The number of nitrogens with one attached hydrogen (secondary N) is 1. The molecule has 1 aromatic heterocycles. The number of aliphatic hydroxyl groups is 1. The number of hydrogen-bond acceptors (Lipinski definition) is 5. The van der Waals surface area contributed by atoms with Crippen LogP contribution in [-0.4, -0.2) is 41.5 Å². The summed E-state index contributed by atoms with van der Waals surface area (Å²) in [5.74, 6) is 0.228. The van der Waals surface area contributed by atoms with Crippen LogP contribution >= 0.6 is 0 Å². The van der Waals surface area contributed by atoms with Gasteiger partial charge in [-0.05, 0) is 63.6 Å². The van der Waals surface area contributed by atoms with E-state index in [1.807, 2.05) is 62.4 Å². The Balaban J connectivity index is 1.53. The molecule has 2 N–H and O–H groups in total. The van der Waals surface area contributed by atoms with Crippen molar-refractivity contribution in [1.82, 2.24) is 9.88 Å². The Hall–Kier alpha value is -3.61. The third kappa shape index (κ3) is 5.61. The number of aliphatic hydroxyl groups excluding tert-OH is 1. The van der Waals surface area contributed by atoms with Gasteiger partial charge in [0.25, 0.3) is 0 Å². The van der Waals surface area contributed by atoms with Gasteiger partial charge in [-0.3, -0.25) is 0 Å². The molecule has 2 atom stereocenters. The van der Waals surface area contributed by atoms with Gasteiger partial charge in [0.05, 0.1) is 17.7 Å². The molecule has 4 aromatic rings. The van der Waals surface area contributed by atoms with Crippen molar-refractivity contribution < 1.29 is 19.4 Å². The highest BCUT2D eigenvalue weighted by molar-refractivity contribution is 6.07. The van der Waals surface area contributed by atoms with Crippen LogP contribution in [0.5, 0.6) is 5.75 Å². The van der Waals surface area contributed by atoms with Gasteiger partial charge < -0.3 is 24.5 Å². The average molecular weight is 487 g/mol. The van der Waals surface area contributed by atoms with Crippen LogP contribution < -0.4 is 10.1 Å². The standard InChI is InChI=1S/C30H34N2O4/c1-5-35-30(34)29-22(4)32(24-13-11-20(2)12-14-24)28-16-15-26(17-27(28)29)36-19-25(33)18-31-21(3)23-9-7-6-8-10-23/h6-17,21,25,31,33H,5,18-19H2,1-4H3/t21-,25-/m1/s1. The fraction of sp³-hybridized carbons (Fsp3) is 0.300. The third-order valence-electron chi connectivity index (χ3n) is 6.35. The Kier molecular flexibility index (Phi) is 8.08.